The Morgan fingerprint density at radius 2 is 1.67 bits per heavy atom. The van der Waals surface area contributed by atoms with Gasteiger partial charge >= 0.3 is 11.4 Å². The SMILES string of the molecule is O=[N+]([O-])c1cccc2c(N=Nc3ccc4ccccc4c3O)c(OS(=O)O)ccc12. The zero-order valence-corrected chi connectivity index (χ0v) is 15.9. The molecular weight excluding hydrogens is 410 g/mol. The van der Waals surface area contributed by atoms with E-state index in [-0.39, 0.29) is 33.9 Å². The van der Waals surface area contributed by atoms with Gasteiger partial charge in [-0.15, -0.1) is 10.2 Å². The summed E-state index contributed by atoms with van der Waals surface area (Å²) in [5.41, 5.74) is 0.0209. The molecule has 4 aromatic carbocycles. The van der Waals surface area contributed by atoms with Gasteiger partial charge in [-0.3, -0.25) is 14.7 Å². The van der Waals surface area contributed by atoms with E-state index in [1.807, 2.05) is 12.1 Å². The van der Waals surface area contributed by atoms with Crippen LogP contribution in [0, 0.1) is 10.1 Å². The fraction of sp³-hybridized carbons (Fsp3) is 0. The van der Waals surface area contributed by atoms with Crippen molar-refractivity contribution in [2.24, 2.45) is 10.2 Å². The molecule has 30 heavy (non-hydrogen) atoms. The third-order valence-corrected chi connectivity index (χ3v) is 4.79. The Labute approximate surface area is 171 Å². The molecule has 0 saturated carbocycles. The minimum Gasteiger partial charge on any atom is -0.505 e. The smallest absolute Gasteiger partial charge is 0.357 e. The first kappa shape index (κ1) is 19.4. The molecular formula is C20H13N3O6S. The van der Waals surface area contributed by atoms with Crippen molar-refractivity contribution in [2.45, 2.75) is 0 Å². The summed E-state index contributed by atoms with van der Waals surface area (Å²) in [4.78, 5) is 10.8. The molecule has 2 N–H and O–H groups in total. The first-order valence-electron chi connectivity index (χ1n) is 8.57. The maximum Gasteiger partial charge on any atom is 0.357 e. The van der Waals surface area contributed by atoms with E-state index in [1.54, 1.807) is 30.3 Å². The maximum atomic E-state index is 11.3. The number of non-ortho nitro benzene ring substituents is 1. The second kappa shape index (κ2) is 7.85. The minimum absolute atomic E-state index is 0.0196. The number of phenols is 1. The molecule has 1 atom stereocenters. The Kier molecular flexibility index (Phi) is 5.09. The van der Waals surface area contributed by atoms with Gasteiger partial charge < -0.3 is 9.29 Å². The van der Waals surface area contributed by atoms with Crippen LogP contribution in [0.5, 0.6) is 11.5 Å². The third-order valence-electron chi connectivity index (χ3n) is 4.47. The molecule has 9 nitrogen and oxygen atoms in total. The van der Waals surface area contributed by atoms with Crippen LogP contribution in [0.2, 0.25) is 0 Å². The van der Waals surface area contributed by atoms with Gasteiger partial charge in [0, 0.05) is 16.8 Å². The van der Waals surface area contributed by atoms with E-state index in [9.17, 15) is 19.4 Å². The van der Waals surface area contributed by atoms with Crippen molar-refractivity contribution in [2.75, 3.05) is 0 Å². The van der Waals surface area contributed by atoms with Gasteiger partial charge in [-0.1, -0.05) is 42.5 Å². The number of fused-ring (bicyclic) bond motifs is 2. The highest BCUT2D eigenvalue weighted by molar-refractivity contribution is 7.74. The fourth-order valence-electron chi connectivity index (χ4n) is 3.14. The number of hydrogen-bond acceptors (Lipinski definition) is 7. The summed E-state index contributed by atoms with van der Waals surface area (Å²) in [7, 11) is 0. The van der Waals surface area contributed by atoms with Gasteiger partial charge in [-0.05, 0) is 23.6 Å². The Hall–Kier alpha value is -3.89. The quantitative estimate of drug-likeness (QED) is 0.187. The molecule has 0 saturated heterocycles. The highest BCUT2D eigenvalue weighted by Crippen LogP contribution is 2.42. The van der Waals surface area contributed by atoms with Crippen LogP contribution >= 0.6 is 0 Å². The highest BCUT2D eigenvalue weighted by Gasteiger charge is 2.18. The Balaban J connectivity index is 1.90. The largest absolute Gasteiger partial charge is 0.505 e. The molecule has 4 rings (SSSR count). The Morgan fingerprint density at radius 1 is 0.900 bits per heavy atom. The molecule has 150 valence electrons. The second-order valence-corrected chi connectivity index (χ2v) is 6.80. The average molecular weight is 423 g/mol. The summed E-state index contributed by atoms with van der Waals surface area (Å²) in [5.74, 6) is -0.177. The molecule has 0 heterocycles. The zero-order valence-electron chi connectivity index (χ0n) is 15.1. The molecule has 0 aromatic heterocycles. The fourth-order valence-corrected chi connectivity index (χ4v) is 3.43. The summed E-state index contributed by atoms with van der Waals surface area (Å²) in [5, 5.41) is 32.0. The molecule has 0 spiro atoms. The molecule has 0 bridgehead atoms. The molecule has 0 aliphatic carbocycles. The van der Waals surface area contributed by atoms with E-state index in [0.29, 0.717) is 10.8 Å². The number of azo groups is 1. The van der Waals surface area contributed by atoms with Crippen LogP contribution in [0.4, 0.5) is 17.1 Å². The number of nitrogens with zero attached hydrogens (tertiary/aromatic N) is 3. The number of rotatable bonds is 5. The number of nitro groups is 1. The van der Waals surface area contributed by atoms with E-state index in [2.05, 4.69) is 10.2 Å². The Bertz CT molecular complexity index is 1360. The van der Waals surface area contributed by atoms with Crippen LogP contribution in [0.3, 0.4) is 0 Å². The first-order chi connectivity index (χ1) is 14.5. The van der Waals surface area contributed by atoms with Gasteiger partial charge in [0.2, 0.25) is 0 Å². The van der Waals surface area contributed by atoms with Crippen LogP contribution in [0.15, 0.2) is 77.0 Å². The molecule has 0 radical (unpaired) electrons. The summed E-state index contributed by atoms with van der Waals surface area (Å²) in [6.45, 7) is 0. The number of aromatic hydroxyl groups is 1. The van der Waals surface area contributed by atoms with Crippen molar-refractivity contribution < 1.29 is 23.0 Å². The van der Waals surface area contributed by atoms with Crippen LogP contribution in [-0.2, 0) is 11.4 Å². The maximum absolute atomic E-state index is 11.3. The highest BCUT2D eigenvalue weighted by atomic mass is 32.2. The lowest BCUT2D eigenvalue weighted by molar-refractivity contribution is -0.383. The standard InChI is InChI=1S/C20H13N3O6S/c24-20-13-5-2-1-4-12(13)8-10-16(20)21-22-19-15-6-3-7-17(23(25)26)14(15)9-11-18(19)29-30(27)28/h1-11,24H,(H,27,28). The number of nitro benzene ring substituents is 1. The zero-order chi connectivity index (χ0) is 21.3. The average Bonchev–Trinajstić information content (AvgIpc) is 2.73. The van der Waals surface area contributed by atoms with Crippen molar-refractivity contribution >= 4 is 50.0 Å². The third kappa shape index (κ3) is 3.56. The van der Waals surface area contributed by atoms with E-state index in [4.69, 9.17) is 8.74 Å². The van der Waals surface area contributed by atoms with Gasteiger partial charge in [0.15, 0.2) is 11.5 Å². The van der Waals surface area contributed by atoms with E-state index < -0.39 is 16.3 Å². The van der Waals surface area contributed by atoms with Gasteiger partial charge in [0.1, 0.15) is 11.4 Å². The van der Waals surface area contributed by atoms with Crippen LogP contribution in [0.1, 0.15) is 0 Å². The lowest BCUT2D eigenvalue weighted by Gasteiger charge is -2.08. The van der Waals surface area contributed by atoms with Crippen LogP contribution in [-0.4, -0.2) is 18.8 Å². The summed E-state index contributed by atoms with van der Waals surface area (Å²) in [6.07, 6.45) is 0. The number of phenolic OH excluding ortho intramolecular Hbond substituents is 1. The molecule has 0 amide bonds. The normalized spacial score (nSPS) is 12.4. The molecule has 1 unspecified atom stereocenters. The van der Waals surface area contributed by atoms with Gasteiger partial charge in [0.25, 0.3) is 5.69 Å². The number of hydrogen-bond donors (Lipinski definition) is 2. The van der Waals surface area contributed by atoms with Crippen LogP contribution in [0.25, 0.3) is 21.5 Å². The van der Waals surface area contributed by atoms with E-state index in [1.165, 1.54) is 24.3 Å². The summed E-state index contributed by atoms with van der Waals surface area (Å²) < 4.78 is 25.2. The molecule has 0 aliphatic heterocycles. The molecule has 0 aliphatic rings. The van der Waals surface area contributed by atoms with E-state index in [0.717, 1.165) is 5.39 Å². The molecule has 10 heteroatoms. The number of benzene rings is 4. The van der Waals surface area contributed by atoms with Crippen molar-refractivity contribution in [3.63, 3.8) is 0 Å². The summed E-state index contributed by atoms with van der Waals surface area (Å²) in [6, 6.07) is 17.6. The summed E-state index contributed by atoms with van der Waals surface area (Å²) >= 11 is -2.64. The lowest BCUT2D eigenvalue weighted by atomic mass is 10.1. The van der Waals surface area contributed by atoms with E-state index >= 15 is 0 Å². The first-order valence-corrected chi connectivity index (χ1v) is 9.60. The monoisotopic (exact) mass is 423 g/mol. The van der Waals surface area contributed by atoms with Crippen molar-refractivity contribution in [1.29, 1.82) is 0 Å². The van der Waals surface area contributed by atoms with Gasteiger partial charge in [-0.25, -0.2) is 0 Å². The second-order valence-electron chi connectivity index (χ2n) is 6.20. The predicted octanol–water partition coefficient (Wildman–Crippen LogP) is 5.54. The lowest BCUT2D eigenvalue weighted by Crippen LogP contribution is -1.98. The van der Waals surface area contributed by atoms with Crippen molar-refractivity contribution in [1.82, 2.24) is 0 Å². The van der Waals surface area contributed by atoms with Gasteiger partial charge in [-0.2, -0.15) is 4.21 Å². The molecule has 0 fully saturated rings. The minimum atomic E-state index is -2.64. The van der Waals surface area contributed by atoms with Crippen molar-refractivity contribution in [3.8, 4) is 11.5 Å². The van der Waals surface area contributed by atoms with Crippen molar-refractivity contribution in [3.05, 3.63) is 76.8 Å². The Morgan fingerprint density at radius 3 is 2.43 bits per heavy atom. The van der Waals surface area contributed by atoms with Gasteiger partial charge in [0.05, 0.1) is 10.3 Å². The predicted molar refractivity (Wildman–Crippen MR) is 112 cm³/mol. The topological polar surface area (TPSA) is 135 Å². The van der Waals surface area contributed by atoms with Crippen LogP contribution < -0.4 is 4.18 Å². The molecule has 4 aromatic rings.